The summed E-state index contributed by atoms with van der Waals surface area (Å²) in [6, 6.07) is 3.22. The molecule has 0 aliphatic heterocycles. The molecule has 2 nitrogen and oxygen atoms in total. The number of aromatic nitrogens is 1. The topological polar surface area (TPSA) is 38.9 Å². The second-order valence-electron chi connectivity index (χ2n) is 3.70. The number of halogens is 2. The zero-order valence-corrected chi connectivity index (χ0v) is 9.90. The van der Waals surface area contributed by atoms with E-state index >= 15 is 0 Å². The number of anilines is 1. The van der Waals surface area contributed by atoms with Crippen molar-refractivity contribution >= 4 is 28.2 Å². The third-order valence-electron chi connectivity index (χ3n) is 2.75. The van der Waals surface area contributed by atoms with Crippen molar-refractivity contribution in [3.05, 3.63) is 34.2 Å². The van der Waals surface area contributed by atoms with Gasteiger partial charge in [0.2, 0.25) is 0 Å². The lowest BCUT2D eigenvalue weighted by atomic mass is 10.0. The Hall–Kier alpha value is -1.35. The molecule has 0 atom stereocenters. The van der Waals surface area contributed by atoms with E-state index in [0.717, 1.165) is 17.7 Å². The monoisotopic (exact) mass is 238 g/mol. The first-order valence-electron chi connectivity index (χ1n) is 5.09. The van der Waals surface area contributed by atoms with Crippen LogP contribution in [0.3, 0.4) is 0 Å². The fraction of sp³-hybridized carbons (Fsp3) is 0.250. The maximum Gasteiger partial charge on any atom is 0.168 e. The quantitative estimate of drug-likeness (QED) is 0.826. The number of benzene rings is 1. The van der Waals surface area contributed by atoms with Gasteiger partial charge in [-0.1, -0.05) is 18.5 Å². The molecule has 0 aliphatic rings. The number of fused-ring (bicyclic) bond motifs is 1. The molecule has 2 aromatic rings. The Labute approximate surface area is 98.2 Å². The summed E-state index contributed by atoms with van der Waals surface area (Å²) in [5.74, 6) is -0.503. The van der Waals surface area contributed by atoms with Crippen molar-refractivity contribution in [2.75, 3.05) is 5.73 Å². The van der Waals surface area contributed by atoms with Gasteiger partial charge in [0.1, 0.15) is 5.52 Å². The van der Waals surface area contributed by atoms with Crippen molar-refractivity contribution < 1.29 is 4.39 Å². The molecule has 4 heteroatoms. The summed E-state index contributed by atoms with van der Waals surface area (Å²) >= 11 is 5.71. The average molecular weight is 239 g/mol. The number of nitrogen functional groups attached to an aromatic ring is 1. The first-order valence-corrected chi connectivity index (χ1v) is 5.46. The SMILES string of the molecule is CCc1c(C)nc2c(F)c(Cl)ccc2c1N. The lowest BCUT2D eigenvalue weighted by Gasteiger charge is -2.11. The van der Waals surface area contributed by atoms with E-state index in [-0.39, 0.29) is 10.5 Å². The number of nitrogens with two attached hydrogens (primary N) is 1. The minimum absolute atomic E-state index is 0.0723. The largest absolute Gasteiger partial charge is 0.398 e. The first-order chi connectivity index (χ1) is 7.56. The molecule has 0 fully saturated rings. The second-order valence-corrected chi connectivity index (χ2v) is 4.11. The highest BCUT2D eigenvalue weighted by molar-refractivity contribution is 6.31. The zero-order chi connectivity index (χ0) is 11.9. The van der Waals surface area contributed by atoms with Crippen LogP contribution in [0.4, 0.5) is 10.1 Å². The van der Waals surface area contributed by atoms with Gasteiger partial charge < -0.3 is 5.73 Å². The smallest absolute Gasteiger partial charge is 0.168 e. The van der Waals surface area contributed by atoms with Crippen molar-refractivity contribution in [1.29, 1.82) is 0 Å². The molecule has 1 heterocycles. The predicted octanol–water partition coefficient (Wildman–Crippen LogP) is 3.48. The van der Waals surface area contributed by atoms with Crippen LogP contribution in [0.25, 0.3) is 10.9 Å². The van der Waals surface area contributed by atoms with E-state index in [1.807, 2.05) is 13.8 Å². The predicted molar refractivity (Wildman–Crippen MR) is 65.2 cm³/mol. The van der Waals surface area contributed by atoms with Gasteiger partial charge in [0, 0.05) is 16.8 Å². The van der Waals surface area contributed by atoms with Crippen LogP contribution in [-0.4, -0.2) is 4.98 Å². The minimum Gasteiger partial charge on any atom is -0.398 e. The highest BCUT2D eigenvalue weighted by atomic mass is 35.5. The normalized spacial score (nSPS) is 11.0. The molecular weight excluding hydrogens is 227 g/mol. The van der Waals surface area contributed by atoms with Gasteiger partial charge in [-0.05, 0) is 31.0 Å². The Kier molecular flexibility index (Phi) is 2.72. The fourth-order valence-corrected chi connectivity index (χ4v) is 2.06. The molecule has 0 bridgehead atoms. The molecule has 16 heavy (non-hydrogen) atoms. The van der Waals surface area contributed by atoms with Gasteiger partial charge in [-0.25, -0.2) is 9.37 Å². The molecule has 0 saturated carbocycles. The van der Waals surface area contributed by atoms with Gasteiger partial charge >= 0.3 is 0 Å². The van der Waals surface area contributed by atoms with Gasteiger partial charge in [0.05, 0.1) is 5.02 Å². The van der Waals surface area contributed by atoms with Gasteiger partial charge in [0.25, 0.3) is 0 Å². The van der Waals surface area contributed by atoms with E-state index in [1.54, 1.807) is 6.07 Å². The van der Waals surface area contributed by atoms with Gasteiger partial charge in [-0.15, -0.1) is 0 Å². The number of pyridine rings is 1. The Morgan fingerprint density at radius 1 is 1.44 bits per heavy atom. The molecule has 2 N–H and O–H groups in total. The lowest BCUT2D eigenvalue weighted by Crippen LogP contribution is -2.01. The molecule has 0 radical (unpaired) electrons. The minimum atomic E-state index is -0.503. The van der Waals surface area contributed by atoms with Crippen LogP contribution in [0, 0.1) is 12.7 Å². The maximum atomic E-state index is 13.7. The van der Waals surface area contributed by atoms with Crippen LogP contribution >= 0.6 is 11.6 Å². The summed E-state index contributed by atoms with van der Waals surface area (Å²) in [4.78, 5) is 4.23. The van der Waals surface area contributed by atoms with Crippen molar-refractivity contribution in [2.45, 2.75) is 20.3 Å². The van der Waals surface area contributed by atoms with Crippen molar-refractivity contribution in [2.24, 2.45) is 0 Å². The molecule has 2 rings (SSSR count). The molecule has 1 aromatic heterocycles. The van der Waals surface area contributed by atoms with Crippen LogP contribution in [0.1, 0.15) is 18.2 Å². The van der Waals surface area contributed by atoms with Crippen molar-refractivity contribution in [3.8, 4) is 0 Å². The Bertz CT molecular complexity index is 567. The Morgan fingerprint density at radius 3 is 2.75 bits per heavy atom. The molecule has 84 valence electrons. The third kappa shape index (κ3) is 1.52. The number of aryl methyl sites for hydroxylation is 1. The van der Waals surface area contributed by atoms with E-state index in [4.69, 9.17) is 17.3 Å². The van der Waals surface area contributed by atoms with Crippen molar-refractivity contribution in [1.82, 2.24) is 4.98 Å². The van der Waals surface area contributed by atoms with Crippen LogP contribution in [-0.2, 0) is 6.42 Å². The Balaban J connectivity index is 2.92. The summed E-state index contributed by atoms with van der Waals surface area (Å²) in [6.07, 6.45) is 0.783. The number of rotatable bonds is 1. The van der Waals surface area contributed by atoms with Crippen LogP contribution in [0.15, 0.2) is 12.1 Å². The first kappa shape index (κ1) is 11.1. The Morgan fingerprint density at radius 2 is 2.12 bits per heavy atom. The van der Waals surface area contributed by atoms with E-state index < -0.39 is 5.82 Å². The molecule has 0 aliphatic carbocycles. The fourth-order valence-electron chi connectivity index (χ4n) is 1.91. The number of hydrogen-bond acceptors (Lipinski definition) is 2. The highest BCUT2D eigenvalue weighted by Crippen LogP contribution is 2.30. The number of nitrogens with zero attached hydrogens (tertiary/aromatic N) is 1. The van der Waals surface area contributed by atoms with Gasteiger partial charge in [0.15, 0.2) is 5.82 Å². The highest BCUT2D eigenvalue weighted by Gasteiger charge is 2.13. The van der Waals surface area contributed by atoms with E-state index in [9.17, 15) is 4.39 Å². The van der Waals surface area contributed by atoms with Crippen LogP contribution < -0.4 is 5.73 Å². The molecule has 0 unspecified atom stereocenters. The molecule has 0 amide bonds. The summed E-state index contributed by atoms with van der Waals surface area (Å²) in [6.45, 7) is 3.83. The number of hydrogen-bond donors (Lipinski definition) is 1. The zero-order valence-electron chi connectivity index (χ0n) is 9.14. The maximum absolute atomic E-state index is 13.7. The van der Waals surface area contributed by atoms with Crippen LogP contribution in [0.5, 0.6) is 0 Å². The van der Waals surface area contributed by atoms with E-state index in [2.05, 4.69) is 4.98 Å². The third-order valence-corrected chi connectivity index (χ3v) is 3.05. The molecular formula is C12H12ClFN2. The molecule has 0 saturated heterocycles. The van der Waals surface area contributed by atoms with Crippen LogP contribution in [0.2, 0.25) is 5.02 Å². The summed E-state index contributed by atoms with van der Waals surface area (Å²) in [5.41, 5.74) is 8.57. The van der Waals surface area contributed by atoms with Crippen molar-refractivity contribution in [3.63, 3.8) is 0 Å². The van der Waals surface area contributed by atoms with Gasteiger partial charge in [-0.3, -0.25) is 0 Å². The standard InChI is InChI=1S/C12H12ClFN2/c1-3-7-6(2)16-12-8(11(7)15)4-5-9(13)10(12)14/h4-5H,3H2,1-2H3,(H2,15,16). The summed E-state index contributed by atoms with van der Waals surface area (Å²) < 4.78 is 13.7. The second kappa shape index (κ2) is 3.91. The molecule has 0 spiro atoms. The summed E-state index contributed by atoms with van der Waals surface area (Å²) in [5, 5.41) is 0.701. The van der Waals surface area contributed by atoms with E-state index in [1.165, 1.54) is 6.07 Å². The summed E-state index contributed by atoms with van der Waals surface area (Å²) in [7, 11) is 0. The van der Waals surface area contributed by atoms with E-state index in [0.29, 0.717) is 11.1 Å². The lowest BCUT2D eigenvalue weighted by molar-refractivity contribution is 0.637. The van der Waals surface area contributed by atoms with Gasteiger partial charge in [-0.2, -0.15) is 0 Å². The molecule has 1 aromatic carbocycles. The average Bonchev–Trinajstić information content (AvgIpc) is 2.25.